The summed E-state index contributed by atoms with van der Waals surface area (Å²) in [5, 5.41) is 0. The molecule has 1 aromatic carbocycles. The van der Waals surface area contributed by atoms with Gasteiger partial charge in [0.15, 0.2) is 11.6 Å². The highest BCUT2D eigenvalue weighted by atomic mass is 35.5. The molecule has 0 aliphatic rings. The Balaban J connectivity index is 0.00000324. The number of ether oxygens (including phenoxy) is 2. The molecule has 2 N–H and O–H groups in total. The molecule has 0 aliphatic carbocycles. The molecule has 108 valence electrons. The molecule has 0 aliphatic heterocycles. The predicted octanol–water partition coefficient (Wildman–Crippen LogP) is 2.46. The van der Waals surface area contributed by atoms with Crippen molar-refractivity contribution >= 4 is 18.4 Å². The summed E-state index contributed by atoms with van der Waals surface area (Å²) in [6.45, 7) is 3.29. The Morgan fingerprint density at radius 1 is 1.37 bits per heavy atom. The molecule has 19 heavy (non-hydrogen) atoms. The second-order valence-electron chi connectivity index (χ2n) is 4.55. The standard InChI is InChI=1S/C13H18FNO3.ClH/c1-13(2,12(16)18-4)11(15)8-6-5-7-9(14)10(8)17-3;/h5-7,11H,15H2,1-4H3;1H/t11-;/m1./s1. The molecule has 0 saturated heterocycles. The highest BCUT2D eigenvalue weighted by Crippen LogP contribution is 2.37. The molecule has 6 heteroatoms. The molecule has 0 heterocycles. The van der Waals surface area contributed by atoms with Gasteiger partial charge in [-0.3, -0.25) is 4.79 Å². The topological polar surface area (TPSA) is 61.5 Å². The van der Waals surface area contributed by atoms with Crippen molar-refractivity contribution in [3.63, 3.8) is 0 Å². The molecule has 1 atom stereocenters. The van der Waals surface area contributed by atoms with Crippen LogP contribution in [0.5, 0.6) is 5.75 Å². The van der Waals surface area contributed by atoms with E-state index in [0.717, 1.165) is 0 Å². The first-order chi connectivity index (χ1) is 8.36. The van der Waals surface area contributed by atoms with Crippen molar-refractivity contribution in [1.29, 1.82) is 0 Å². The average Bonchev–Trinajstić information content (AvgIpc) is 2.36. The third-order valence-corrected chi connectivity index (χ3v) is 3.03. The van der Waals surface area contributed by atoms with E-state index in [1.165, 1.54) is 26.4 Å². The number of nitrogens with two attached hydrogens (primary N) is 1. The van der Waals surface area contributed by atoms with Crippen molar-refractivity contribution < 1.29 is 18.7 Å². The van der Waals surface area contributed by atoms with Gasteiger partial charge in [-0.1, -0.05) is 12.1 Å². The summed E-state index contributed by atoms with van der Waals surface area (Å²) in [6.07, 6.45) is 0. The zero-order valence-corrected chi connectivity index (χ0v) is 12.2. The predicted molar refractivity (Wildman–Crippen MR) is 72.9 cm³/mol. The van der Waals surface area contributed by atoms with Gasteiger partial charge in [0.25, 0.3) is 0 Å². The van der Waals surface area contributed by atoms with Crippen molar-refractivity contribution in [2.24, 2.45) is 11.1 Å². The number of carbonyl (C=O) groups is 1. The van der Waals surface area contributed by atoms with Crippen LogP contribution in [0.1, 0.15) is 25.5 Å². The summed E-state index contributed by atoms with van der Waals surface area (Å²) in [5.74, 6) is -0.908. The summed E-state index contributed by atoms with van der Waals surface area (Å²) in [5.41, 5.74) is 5.51. The number of carbonyl (C=O) groups excluding carboxylic acids is 1. The van der Waals surface area contributed by atoms with Gasteiger partial charge in [0.05, 0.1) is 19.6 Å². The lowest BCUT2D eigenvalue weighted by Crippen LogP contribution is -2.37. The number of benzene rings is 1. The van der Waals surface area contributed by atoms with Gasteiger partial charge >= 0.3 is 5.97 Å². The van der Waals surface area contributed by atoms with Crippen LogP contribution in [0.4, 0.5) is 4.39 Å². The van der Waals surface area contributed by atoms with Crippen LogP contribution >= 0.6 is 12.4 Å². The summed E-state index contributed by atoms with van der Waals surface area (Å²) in [4.78, 5) is 11.7. The van der Waals surface area contributed by atoms with Crippen LogP contribution in [-0.4, -0.2) is 20.2 Å². The zero-order valence-electron chi connectivity index (χ0n) is 11.4. The quantitative estimate of drug-likeness (QED) is 0.866. The van der Waals surface area contributed by atoms with Gasteiger partial charge in [0, 0.05) is 11.6 Å². The maximum atomic E-state index is 13.6. The van der Waals surface area contributed by atoms with Crippen molar-refractivity contribution in [1.82, 2.24) is 0 Å². The second kappa shape index (κ2) is 6.73. The number of rotatable bonds is 4. The maximum Gasteiger partial charge on any atom is 0.313 e. The van der Waals surface area contributed by atoms with E-state index >= 15 is 0 Å². The van der Waals surface area contributed by atoms with Crippen LogP contribution in [0.15, 0.2) is 18.2 Å². The molecule has 0 spiro atoms. The summed E-state index contributed by atoms with van der Waals surface area (Å²) in [7, 11) is 2.65. The van der Waals surface area contributed by atoms with E-state index in [4.69, 9.17) is 15.2 Å². The smallest absolute Gasteiger partial charge is 0.313 e. The number of esters is 1. The Morgan fingerprint density at radius 2 is 1.95 bits per heavy atom. The SMILES string of the molecule is COC(=O)C(C)(C)[C@H](N)c1cccc(F)c1OC.Cl. The average molecular weight is 292 g/mol. The van der Waals surface area contributed by atoms with Crippen LogP contribution in [0, 0.1) is 11.2 Å². The van der Waals surface area contributed by atoms with Crippen LogP contribution in [0.2, 0.25) is 0 Å². The number of methoxy groups -OCH3 is 2. The van der Waals surface area contributed by atoms with Crippen LogP contribution in [0.3, 0.4) is 0 Å². The molecular formula is C13H19ClFNO3. The zero-order chi connectivity index (χ0) is 13.9. The first kappa shape index (κ1) is 17.7. The maximum absolute atomic E-state index is 13.6. The van der Waals surface area contributed by atoms with Gasteiger partial charge in [-0.2, -0.15) is 0 Å². The minimum Gasteiger partial charge on any atom is -0.493 e. The van der Waals surface area contributed by atoms with Crippen LogP contribution < -0.4 is 10.5 Å². The summed E-state index contributed by atoms with van der Waals surface area (Å²) < 4.78 is 23.3. The van der Waals surface area contributed by atoms with E-state index in [9.17, 15) is 9.18 Å². The van der Waals surface area contributed by atoms with E-state index in [-0.39, 0.29) is 18.2 Å². The third-order valence-electron chi connectivity index (χ3n) is 3.03. The molecule has 0 bridgehead atoms. The highest BCUT2D eigenvalue weighted by molar-refractivity contribution is 5.85. The van der Waals surface area contributed by atoms with Crippen LogP contribution in [0.25, 0.3) is 0 Å². The lowest BCUT2D eigenvalue weighted by atomic mass is 9.80. The van der Waals surface area contributed by atoms with Crippen molar-refractivity contribution in [2.45, 2.75) is 19.9 Å². The van der Waals surface area contributed by atoms with Gasteiger partial charge in [-0.15, -0.1) is 12.4 Å². The molecule has 1 rings (SSSR count). The normalized spacial score (nSPS) is 12.3. The van der Waals surface area contributed by atoms with Gasteiger partial charge in [0.1, 0.15) is 0 Å². The Kier molecular flexibility index (Phi) is 6.25. The lowest BCUT2D eigenvalue weighted by Gasteiger charge is -2.29. The Morgan fingerprint density at radius 3 is 2.42 bits per heavy atom. The number of hydrogen-bond donors (Lipinski definition) is 1. The van der Waals surface area contributed by atoms with Crippen LogP contribution in [-0.2, 0) is 9.53 Å². The largest absolute Gasteiger partial charge is 0.493 e. The first-order valence-electron chi connectivity index (χ1n) is 5.52. The van der Waals surface area contributed by atoms with Gasteiger partial charge in [0.2, 0.25) is 0 Å². The molecule has 0 aromatic heterocycles. The Bertz CT molecular complexity index is 452. The fraction of sp³-hybridized carbons (Fsp3) is 0.462. The van der Waals surface area contributed by atoms with Gasteiger partial charge in [-0.25, -0.2) is 4.39 Å². The lowest BCUT2D eigenvalue weighted by molar-refractivity contribution is -0.152. The summed E-state index contributed by atoms with van der Waals surface area (Å²) in [6, 6.07) is 3.72. The van der Waals surface area contributed by atoms with E-state index in [2.05, 4.69) is 0 Å². The van der Waals surface area contributed by atoms with Gasteiger partial charge < -0.3 is 15.2 Å². The monoisotopic (exact) mass is 291 g/mol. The number of halogens is 2. The minimum atomic E-state index is -0.976. The molecule has 1 aromatic rings. The molecule has 0 amide bonds. The van der Waals surface area contributed by atoms with Crippen molar-refractivity contribution in [3.05, 3.63) is 29.6 Å². The summed E-state index contributed by atoms with van der Waals surface area (Å²) >= 11 is 0. The van der Waals surface area contributed by atoms with Crippen molar-refractivity contribution in [2.75, 3.05) is 14.2 Å². The molecule has 0 unspecified atom stereocenters. The van der Waals surface area contributed by atoms with E-state index in [1.54, 1.807) is 19.9 Å². The highest BCUT2D eigenvalue weighted by Gasteiger charge is 2.38. The number of hydrogen-bond acceptors (Lipinski definition) is 4. The molecule has 4 nitrogen and oxygen atoms in total. The first-order valence-corrected chi connectivity index (χ1v) is 5.52. The molecule has 0 radical (unpaired) electrons. The molecular weight excluding hydrogens is 273 g/mol. The van der Waals surface area contributed by atoms with Gasteiger partial charge in [-0.05, 0) is 19.9 Å². The second-order valence-corrected chi connectivity index (χ2v) is 4.55. The molecule has 0 saturated carbocycles. The Labute approximate surface area is 118 Å². The number of para-hydroxylation sites is 1. The molecule has 0 fully saturated rings. The van der Waals surface area contributed by atoms with Crippen molar-refractivity contribution in [3.8, 4) is 5.75 Å². The van der Waals surface area contributed by atoms with E-state index in [0.29, 0.717) is 5.56 Å². The van der Waals surface area contributed by atoms with E-state index < -0.39 is 23.2 Å². The van der Waals surface area contributed by atoms with E-state index in [1.807, 2.05) is 0 Å². The minimum absolute atomic E-state index is 0. The fourth-order valence-corrected chi connectivity index (χ4v) is 1.76. The fourth-order valence-electron chi connectivity index (χ4n) is 1.76. The Hall–Kier alpha value is -1.33. The third kappa shape index (κ3) is 3.36.